The smallest absolute Gasteiger partial charge is 0.236 e. The molecule has 0 aliphatic rings. The highest BCUT2D eigenvalue weighted by Gasteiger charge is 2.11. The third kappa shape index (κ3) is 5.23. The molecule has 2 aromatic carbocycles. The zero-order chi connectivity index (χ0) is 15.1. The molecule has 0 fully saturated rings. The molecular weight excluding hydrogens is 282 g/mol. The van der Waals surface area contributed by atoms with E-state index in [1.165, 1.54) is 5.56 Å². The van der Waals surface area contributed by atoms with Gasteiger partial charge in [-0.15, -0.1) is 0 Å². The van der Waals surface area contributed by atoms with Gasteiger partial charge in [0.1, 0.15) is 0 Å². The highest BCUT2D eigenvalue weighted by molar-refractivity contribution is 7.91. The third-order valence-corrected chi connectivity index (χ3v) is 4.51. The van der Waals surface area contributed by atoms with Gasteiger partial charge in [0, 0.05) is 5.69 Å². The summed E-state index contributed by atoms with van der Waals surface area (Å²) in [6.45, 7) is 2.16. The molecule has 0 aliphatic heterocycles. The Morgan fingerprint density at radius 3 is 2.19 bits per heavy atom. The molecule has 0 atom stereocenters. The lowest BCUT2D eigenvalue weighted by molar-refractivity contribution is 0.600. The number of aryl methyl sites for hydroxylation is 1. The first-order valence-corrected chi connectivity index (χ1v) is 8.87. The van der Waals surface area contributed by atoms with Crippen LogP contribution < -0.4 is 4.72 Å². The first-order chi connectivity index (χ1) is 10.1. The molecule has 0 spiro atoms. The quantitative estimate of drug-likeness (QED) is 0.841. The summed E-state index contributed by atoms with van der Waals surface area (Å²) in [5.74, 6) is -0.00851. The average molecular weight is 303 g/mol. The van der Waals surface area contributed by atoms with Crippen molar-refractivity contribution in [2.75, 3.05) is 4.72 Å². The van der Waals surface area contributed by atoms with Crippen LogP contribution in [0.15, 0.2) is 54.6 Å². The van der Waals surface area contributed by atoms with E-state index in [-0.39, 0.29) is 5.75 Å². The molecule has 2 rings (SSSR count). The van der Waals surface area contributed by atoms with Crippen LogP contribution in [0, 0.1) is 0 Å². The van der Waals surface area contributed by atoms with E-state index in [4.69, 9.17) is 0 Å². The van der Waals surface area contributed by atoms with Gasteiger partial charge in [-0.2, -0.15) is 0 Å². The van der Waals surface area contributed by atoms with E-state index < -0.39 is 10.0 Å². The summed E-state index contributed by atoms with van der Waals surface area (Å²) in [6, 6.07) is 16.8. The lowest BCUT2D eigenvalue weighted by atomic mass is 10.1. The van der Waals surface area contributed by atoms with Crippen molar-refractivity contribution in [2.24, 2.45) is 0 Å². The van der Waals surface area contributed by atoms with Crippen LogP contribution in [-0.4, -0.2) is 8.42 Å². The highest BCUT2D eigenvalue weighted by atomic mass is 32.2. The number of rotatable bonds is 7. The molecule has 0 radical (unpaired) electrons. The first kappa shape index (κ1) is 15.6. The molecule has 0 saturated heterocycles. The molecule has 1 N–H and O–H groups in total. The predicted molar refractivity (Wildman–Crippen MR) is 87.7 cm³/mol. The van der Waals surface area contributed by atoms with E-state index in [0.717, 1.165) is 24.8 Å². The Labute approximate surface area is 127 Å². The van der Waals surface area contributed by atoms with Crippen LogP contribution in [0.2, 0.25) is 0 Å². The fourth-order valence-corrected chi connectivity index (χ4v) is 3.33. The Hall–Kier alpha value is -1.81. The van der Waals surface area contributed by atoms with Crippen molar-refractivity contribution in [3.8, 4) is 0 Å². The van der Waals surface area contributed by atoms with Gasteiger partial charge in [0.25, 0.3) is 0 Å². The van der Waals surface area contributed by atoms with Crippen molar-refractivity contribution in [3.63, 3.8) is 0 Å². The van der Waals surface area contributed by atoms with Crippen molar-refractivity contribution in [3.05, 3.63) is 65.7 Å². The molecule has 0 unspecified atom stereocenters. The summed E-state index contributed by atoms with van der Waals surface area (Å²) in [5, 5.41) is 0. The van der Waals surface area contributed by atoms with E-state index in [1.54, 1.807) is 0 Å². The number of anilines is 1. The summed E-state index contributed by atoms with van der Waals surface area (Å²) < 4.78 is 26.9. The fourth-order valence-electron chi connectivity index (χ4n) is 2.13. The number of unbranched alkanes of at least 4 members (excludes halogenated alkanes) is 1. The summed E-state index contributed by atoms with van der Waals surface area (Å²) in [6.07, 6.45) is 3.35. The average Bonchev–Trinajstić information content (AvgIpc) is 2.47. The zero-order valence-electron chi connectivity index (χ0n) is 12.2. The molecule has 0 aliphatic carbocycles. The van der Waals surface area contributed by atoms with Gasteiger partial charge in [-0.25, -0.2) is 8.42 Å². The van der Waals surface area contributed by atoms with E-state index in [0.29, 0.717) is 5.69 Å². The van der Waals surface area contributed by atoms with Gasteiger partial charge in [-0.05, 0) is 36.1 Å². The number of benzene rings is 2. The third-order valence-electron chi connectivity index (χ3n) is 3.25. The Bertz CT molecular complexity index is 649. The topological polar surface area (TPSA) is 46.2 Å². The standard InChI is InChI=1S/C17H21NO2S/c1-2-3-7-15-10-12-17(13-11-15)18-21(19,20)14-16-8-5-4-6-9-16/h4-6,8-13,18H,2-3,7,14H2,1H3. The van der Waals surface area contributed by atoms with E-state index in [9.17, 15) is 8.42 Å². The van der Waals surface area contributed by atoms with Crippen molar-refractivity contribution in [2.45, 2.75) is 31.9 Å². The summed E-state index contributed by atoms with van der Waals surface area (Å²) in [4.78, 5) is 0. The Morgan fingerprint density at radius 1 is 0.905 bits per heavy atom. The van der Waals surface area contributed by atoms with E-state index in [2.05, 4.69) is 11.6 Å². The highest BCUT2D eigenvalue weighted by Crippen LogP contribution is 2.15. The monoisotopic (exact) mass is 303 g/mol. The minimum Gasteiger partial charge on any atom is -0.283 e. The second-order valence-corrected chi connectivity index (χ2v) is 6.87. The second kappa shape index (κ2) is 7.27. The lowest BCUT2D eigenvalue weighted by Gasteiger charge is -2.09. The molecule has 3 nitrogen and oxygen atoms in total. The van der Waals surface area contributed by atoms with Crippen molar-refractivity contribution in [1.82, 2.24) is 0 Å². The summed E-state index contributed by atoms with van der Waals surface area (Å²) in [7, 11) is -3.37. The van der Waals surface area contributed by atoms with Crippen LogP contribution >= 0.6 is 0 Å². The summed E-state index contributed by atoms with van der Waals surface area (Å²) in [5.41, 5.74) is 2.64. The fraction of sp³-hybridized carbons (Fsp3) is 0.294. The SMILES string of the molecule is CCCCc1ccc(NS(=O)(=O)Cc2ccccc2)cc1. The van der Waals surface area contributed by atoms with Crippen molar-refractivity contribution in [1.29, 1.82) is 0 Å². The molecule has 112 valence electrons. The van der Waals surface area contributed by atoms with Gasteiger partial charge in [-0.3, -0.25) is 4.72 Å². The number of hydrogen-bond donors (Lipinski definition) is 1. The van der Waals surface area contributed by atoms with Gasteiger partial charge in [-0.1, -0.05) is 55.8 Å². The van der Waals surface area contributed by atoms with Crippen LogP contribution in [0.4, 0.5) is 5.69 Å². The summed E-state index contributed by atoms with van der Waals surface area (Å²) >= 11 is 0. The van der Waals surface area contributed by atoms with Gasteiger partial charge in [0.2, 0.25) is 10.0 Å². The molecular formula is C17H21NO2S. The Kier molecular flexibility index (Phi) is 5.39. The van der Waals surface area contributed by atoms with Gasteiger partial charge in [0.15, 0.2) is 0 Å². The van der Waals surface area contributed by atoms with Crippen LogP contribution in [0.5, 0.6) is 0 Å². The van der Waals surface area contributed by atoms with Gasteiger partial charge < -0.3 is 0 Å². The normalized spacial score (nSPS) is 11.3. The van der Waals surface area contributed by atoms with Crippen LogP contribution in [-0.2, 0) is 22.2 Å². The Balaban J connectivity index is 2.00. The maximum atomic E-state index is 12.1. The molecule has 21 heavy (non-hydrogen) atoms. The van der Waals surface area contributed by atoms with Crippen molar-refractivity contribution >= 4 is 15.7 Å². The van der Waals surface area contributed by atoms with Crippen LogP contribution in [0.25, 0.3) is 0 Å². The molecule has 2 aromatic rings. The van der Waals surface area contributed by atoms with Crippen LogP contribution in [0.3, 0.4) is 0 Å². The van der Waals surface area contributed by atoms with Gasteiger partial charge in [0.05, 0.1) is 5.75 Å². The van der Waals surface area contributed by atoms with E-state index in [1.807, 2.05) is 54.6 Å². The lowest BCUT2D eigenvalue weighted by Crippen LogP contribution is -2.15. The molecule has 0 aromatic heterocycles. The minimum atomic E-state index is -3.37. The minimum absolute atomic E-state index is 0.00851. The zero-order valence-corrected chi connectivity index (χ0v) is 13.1. The maximum absolute atomic E-state index is 12.1. The number of sulfonamides is 1. The maximum Gasteiger partial charge on any atom is 0.236 e. The molecule has 0 bridgehead atoms. The predicted octanol–water partition coefficient (Wildman–Crippen LogP) is 3.97. The van der Waals surface area contributed by atoms with Gasteiger partial charge >= 0.3 is 0 Å². The second-order valence-electron chi connectivity index (χ2n) is 5.15. The van der Waals surface area contributed by atoms with E-state index >= 15 is 0 Å². The Morgan fingerprint density at radius 2 is 1.57 bits per heavy atom. The number of hydrogen-bond acceptors (Lipinski definition) is 2. The molecule has 0 heterocycles. The van der Waals surface area contributed by atoms with Crippen molar-refractivity contribution < 1.29 is 8.42 Å². The number of nitrogens with one attached hydrogen (secondary N) is 1. The van der Waals surface area contributed by atoms with Crippen LogP contribution in [0.1, 0.15) is 30.9 Å². The largest absolute Gasteiger partial charge is 0.283 e. The molecule has 0 saturated carbocycles. The molecule has 4 heteroatoms. The molecule has 0 amide bonds. The first-order valence-electron chi connectivity index (χ1n) is 7.22.